The molecule has 2 amide bonds. The highest BCUT2D eigenvalue weighted by Crippen LogP contribution is 2.42. The highest BCUT2D eigenvalue weighted by Gasteiger charge is 2.47. The van der Waals surface area contributed by atoms with E-state index < -0.39 is 5.41 Å². The molecule has 2 heterocycles. The van der Waals surface area contributed by atoms with Gasteiger partial charge in [0.05, 0.1) is 5.41 Å². The predicted molar refractivity (Wildman–Crippen MR) is 108 cm³/mol. The molecule has 0 spiro atoms. The lowest BCUT2D eigenvalue weighted by atomic mass is 9.74. The Bertz CT molecular complexity index is 848. The molecule has 3 atom stereocenters. The van der Waals surface area contributed by atoms with Crippen molar-refractivity contribution in [2.24, 2.45) is 23.0 Å². The minimum atomic E-state index is -0.667. The van der Waals surface area contributed by atoms with E-state index in [1.165, 1.54) is 4.88 Å². The van der Waals surface area contributed by atoms with Crippen molar-refractivity contribution in [3.8, 4) is 10.4 Å². The Labute approximate surface area is 164 Å². The van der Waals surface area contributed by atoms with Gasteiger partial charge in [0.1, 0.15) is 0 Å². The average molecular weight is 383 g/mol. The highest BCUT2D eigenvalue weighted by molar-refractivity contribution is 7.13. The molecule has 2 aromatic rings. The van der Waals surface area contributed by atoms with Crippen LogP contribution in [0, 0.1) is 17.3 Å². The maximum Gasteiger partial charge on any atom is 0.225 e. The molecule has 27 heavy (non-hydrogen) atoms. The van der Waals surface area contributed by atoms with Gasteiger partial charge in [0.15, 0.2) is 0 Å². The molecule has 1 aromatic heterocycles. The van der Waals surface area contributed by atoms with E-state index in [0.717, 1.165) is 36.9 Å². The van der Waals surface area contributed by atoms with Gasteiger partial charge in [0.25, 0.3) is 0 Å². The Morgan fingerprint density at radius 3 is 2.78 bits per heavy atom. The van der Waals surface area contributed by atoms with E-state index in [1.54, 1.807) is 11.3 Å². The fourth-order valence-electron chi connectivity index (χ4n) is 4.32. The van der Waals surface area contributed by atoms with Gasteiger partial charge in [0, 0.05) is 23.9 Å². The smallest absolute Gasteiger partial charge is 0.225 e. The third-order valence-corrected chi connectivity index (χ3v) is 7.03. The third-order valence-electron chi connectivity index (χ3n) is 6.11. The number of primary amides is 1. The van der Waals surface area contributed by atoms with E-state index in [-0.39, 0.29) is 17.7 Å². The number of carbonyl (C=O) groups is 2. The van der Waals surface area contributed by atoms with E-state index in [2.05, 4.69) is 36.6 Å². The lowest BCUT2D eigenvalue weighted by Crippen LogP contribution is -2.53. The summed E-state index contributed by atoms with van der Waals surface area (Å²) in [5.74, 6) is 0.547. The molecule has 2 N–H and O–H groups in total. The van der Waals surface area contributed by atoms with Gasteiger partial charge in [-0.3, -0.25) is 9.59 Å². The molecule has 0 unspecified atom stereocenters. The second-order valence-electron chi connectivity index (χ2n) is 8.18. The van der Waals surface area contributed by atoms with Crippen LogP contribution in [0.15, 0.2) is 41.8 Å². The largest absolute Gasteiger partial charge is 0.369 e. The number of carbonyl (C=O) groups excluding carboxylic acids is 2. The van der Waals surface area contributed by atoms with Crippen molar-refractivity contribution in [2.75, 3.05) is 13.1 Å². The summed E-state index contributed by atoms with van der Waals surface area (Å²) in [5, 5.41) is 2.07. The molecule has 1 saturated heterocycles. The van der Waals surface area contributed by atoms with Gasteiger partial charge in [0.2, 0.25) is 11.8 Å². The quantitative estimate of drug-likeness (QED) is 0.857. The Kier molecular flexibility index (Phi) is 4.81. The highest BCUT2D eigenvalue weighted by atomic mass is 32.1. The van der Waals surface area contributed by atoms with E-state index in [0.29, 0.717) is 18.9 Å². The summed E-state index contributed by atoms with van der Waals surface area (Å²) in [7, 11) is 0. The summed E-state index contributed by atoms with van der Waals surface area (Å²) in [6.07, 6.45) is 3.14. The van der Waals surface area contributed by atoms with Crippen LogP contribution in [0.1, 0.15) is 31.7 Å². The standard InChI is InChI=1S/C22H26N2O2S/c1-15-11-18(15)20(25)24-9-4-8-22(14-24,21(23)26)13-16-5-2-6-17(12-16)19-7-3-10-27-19/h2-3,5-7,10,12,15,18H,4,8-9,11,13-14H2,1H3,(H2,23,26)/t15-,18+,22+/m1/s1. The number of likely N-dealkylation sites (tertiary alicyclic amines) is 1. The Morgan fingerprint density at radius 2 is 2.11 bits per heavy atom. The second-order valence-corrected chi connectivity index (χ2v) is 9.13. The van der Waals surface area contributed by atoms with E-state index in [9.17, 15) is 9.59 Å². The Hall–Kier alpha value is -2.14. The first-order valence-corrected chi connectivity index (χ1v) is 10.6. The number of nitrogens with zero attached hydrogens (tertiary/aromatic N) is 1. The van der Waals surface area contributed by atoms with Crippen LogP contribution in [0.4, 0.5) is 0 Å². The van der Waals surface area contributed by atoms with Gasteiger partial charge >= 0.3 is 0 Å². The lowest BCUT2D eigenvalue weighted by Gasteiger charge is -2.41. The van der Waals surface area contributed by atoms with Crippen LogP contribution in [0.2, 0.25) is 0 Å². The lowest BCUT2D eigenvalue weighted by molar-refractivity contribution is -0.141. The topological polar surface area (TPSA) is 63.4 Å². The van der Waals surface area contributed by atoms with Crippen molar-refractivity contribution >= 4 is 23.2 Å². The van der Waals surface area contributed by atoms with Crippen LogP contribution in [0.25, 0.3) is 10.4 Å². The van der Waals surface area contributed by atoms with Gasteiger partial charge in [-0.25, -0.2) is 0 Å². The zero-order chi connectivity index (χ0) is 19.0. The number of hydrogen-bond acceptors (Lipinski definition) is 3. The predicted octanol–water partition coefficient (Wildman–Crippen LogP) is 3.71. The number of benzene rings is 1. The first-order valence-electron chi connectivity index (χ1n) is 9.70. The van der Waals surface area contributed by atoms with Crippen molar-refractivity contribution in [2.45, 2.75) is 32.6 Å². The number of thiophene rings is 1. The van der Waals surface area contributed by atoms with Crippen molar-refractivity contribution in [3.63, 3.8) is 0 Å². The van der Waals surface area contributed by atoms with E-state index in [1.807, 2.05) is 17.0 Å². The third kappa shape index (κ3) is 3.65. The van der Waals surface area contributed by atoms with Gasteiger partial charge in [-0.05, 0) is 54.2 Å². The summed E-state index contributed by atoms with van der Waals surface area (Å²) in [4.78, 5) is 28.3. The average Bonchev–Trinajstić information content (AvgIpc) is 3.16. The van der Waals surface area contributed by atoms with Gasteiger partial charge < -0.3 is 10.6 Å². The van der Waals surface area contributed by atoms with E-state index >= 15 is 0 Å². The molecular weight excluding hydrogens is 356 g/mol. The van der Waals surface area contributed by atoms with Crippen molar-refractivity contribution in [1.82, 2.24) is 4.90 Å². The monoisotopic (exact) mass is 382 g/mol. The first kappa shape index (κ1) is 18.2. The molecule has 1 aliphatic carbocycles. The summed E-state index contributed by atoms with van der Waals surface area (Å²) in [6, 6.07) is 12.5. The molecule has 4 nitrogen and oxygen atoms in total. The molecule has 0 bridgehead atoms. The summed E-state index contributed by atoms with van der Waals surface area (Å²) >= 11 is 1.71. The molecule has 5 heteroatoms. The molecule has 1 aliphatic heterocycles. The van der Waals surface area contributed by atoms with Crippen LogP contribution < -0.4 is 5.73 Å². The van der Waals surface area contributed by atoms with E-state index in [4.69, 9.17) is 5.73 Å². The number of piperidine rings is 1. The maximum absolute atomic E-state index is 12.7. The molecule has 1 saturated carbocycles. The minimum absolute atomic E-state index is 0.149. The summed E-state index contributed by atoms with van der Waals surface area (Å²) < 4.78 is 0. The number of nitrogens with two attached hydrogens (primary N) is 1. The SMILES string of the molecule is C[C@@H]1C[C@@H]1C(=O)N1CCC[C@@](Cc2cccc(-c3cccs3)c2)(C(N)=O)C1. The zero-order valence-electron chi connectivity index (χ0n) is 15.7. The van der Waals surface area contributed by atoms with Crippen LogP contribution >= 0.6 is 11.3 Å². The number of amides is 2. The Balaban J connectivity index is 1.56. The Morgan fingerprint density at radius 1 is 1.30 bits per heavy atom. The van der Waals surface area contributed by atoms with Crippen LogP contribution in [-0.4, -0.2) is 29.8 Å². The fraction of sp³-hybridized carbons (Fsp3) is 0.455. The number of hydrogen-bond donors (Lipinski definition) is 1. The molecule has 4 rings (SSSR count). The van der Waals surface area contributed by atoms with Crippen LogP contribution in [-0.2, 0) is 16.0 Å². The van der Waals surface area contributed by atoms with Crippen molar-refractivity contribution in [1.29, 1.82) is 0 Å². The molecule has 1 aromatic carbocycles. The second kappa shape index (κ2) is 7.12. The summed E-state index contributed by atoms with van der Waals surface area (Å²) in [6.45, 7) is 3.31. The first-order chi connectivity index (χ1) is 13.0. The maximum atomic E-state index is 12.7. The van der Waals surface area contributed by atoms with Crippen LogP contribution in [0.5, 0.6) is 0 Å². The van der Waals surface area contributed by atoms with Gasteiger partial charge in [-0.15, -0.1) is 11.3 Å². The molecule has 2 fully saturated rings. The molecular formula is C22H26N2O2S. The van der Waals surface area contributed by atoms with Gasteiger partial charge in [-0.1, -0.05) is 37.3 Å². The van der Waals surface area contributed by atoms with Gasteiger partial charge in [-0.2, -0.15) is 0 Å². The summed E-state index contributed by atoms with van der Waals surface area (Å²) in [5.41, 5.74) is 7.49. The van der Waals surface area contributed by atoms with Crippen LogP contribution in [0.3, 0.4) is 0 Å². The molecule has 2 aliphatic rings. The van der Waals surface area contributed by atoms with Crippen molar-refractivity contribution in [3.05, 3.63) is 47.3 Å². The molecule has 142 valence electrons. The zero-order valence-corrected chi connectivity index (χ0v) is 16.5. The normalized spacial score (nSPS) is 27.4. The molecule has 0 radical (unpaired) electrons. The number of rotatable bonds is 5. The minimum Gasteiger partial charge on any atom is -0.369 e. The van der Waals surface area contributed by atoms with Crippen molar-refractivity contribution < 1.29 is 9.59 Å². The fourth-order valence-corrected chi connectivity index (χ4v) is 5.05.